The second kappa shape index (κ2) is 14.6. The Morgan fingerprint density at radius 3 is 2.53 bits per heavy atom. The molecule has 0 aliphatic rings. The van der Waals surface area contributed by atoms with Gasteiger partial charge in [0.15, 0.2) is 12.6 Å². The SMILES string of the molecule is CN=C(NCc1cccc(OCC(N)=O)c1)NCC(C)COCc1ccccc1.I. The number of hydrogen-bond acceptors (Lipinski definition) is 4. The topological polar surface area (TPSA) is 98.0 Å². The molecule has 2 aromatic carbocycles. The number of benzene rings is 2. The molecule has 0 bridgehead atoms. The maximum atomic E-state index is 10.8. The molecule has 0 saturated carbocycles. The summed E-state index contributed by atoms with van der Waals surface area (Å²) >= 11 is 0. The molecule has 8 heteroatoms. The largest absolute Gasteiger partial charge is 0.484 e. The summed E-state index contributed by atoms with van der Waals surface area (Å²) in [7, 11) is 1.73. The number of hydrogen-bond donors (Lipinski definition) is 3. The van der Waals surface area contributed by atoms with Crippen LogP contribution in [0.15, 0.2) is 59.6 Å². The van der Waals surface area contributed by atoms with Crippen molar-refractivity contribution in [3.05, 3.63) is 65.7 Å². The lowest BCUT2D eigenvalue weighted by Crippen LogP contribution is -2.39. The summed E-state index contributed by atoms with van der Waals surface area (Å²) in [6.45, 7) is 4.60. The molecule has 0 aliphatic carbocycles. The van der Waals surface area contributed by atoms with Gasteiger partial charge in [0.25, 0.3) is 5.91 Å². The Labute approximate surface area is 195 Å². The molecule has 0 aliphatic heterocycles. The van der Waals surface area contributed by atoms with Gasteiger partial charge in [0.05, 0.1) is 13.2 Å². The van der Waals surface area contributed by atoms with Gasteiger partial charge in [-0.3, -0.25) is 9.79 Å². The molecule has 2 aromatic rings. The van der Waals surface area contributed by atoms with Gasteiger partial charge in [-0.1, -0.05) is 49.4 Å². The molecule has 0 radical (unpaired) electrons. The second-order valence-corrected chi connectivity index (χ2v) is 6.81. The normalized spacial score (nSPS) is 11.9. The van der Waals surface area contributed by atoms with E-state index < -0.39 is 5.91 Å². The van der Waals surface area contributed by atoms with Crippen molar-refractivity contribution < 1.29 is 14.3 Å². The first-order valence-electron chi connectivity index (χ1n) is 9.63. The number of amides is 1. The number of ether oxygens (including phenoxy) is 2. The third-order valence-corrected chi connectivity index (χ3v) is 4.09. The smallest absolute Gasteiger partial charge is 0.255 e. The highest BCUT2D eigenvalue weighted by atomic mass is 127. The molecule has 7 nitrogen and oxygen atoms in total. The van der Waals surface area contributed by atoms with Crippen LogP contribution in [0.4, 0.5) is 0 Å². The predicted molar refractivity (Wildman–Crippen MR) is 130 cm³/mol. The van der Waals surface area contributed by atoms with Gasteiger partial charge in [-0.25, -0.2) is 0 Å². The fraction of sp³-hybridized carbons (Fsp3) is 0.364. The van der Waals surface area contributed by atoms with Gasteiger partial charge in [-0.05, 0) is 29.2 Å². The van der Waals surface area contributed by atoms with Crippen LogP contribution >= 0.6 is 24.0 Å². The van der Waals surface area contributed by atoms with E-state index in [9.17, 15) is 4.79 Å². The number of nitrogens with one attached hydrogen (secondary N) is 2. The van der Waals surface area contributed by atoms with E-state index in [2.05, 4.69) is 34.7 Å². The van der Waals surface area contributed by atoms with Crippen molar-refractivity contribution in [1.29, 1.82) is 0 Å². The summed E-state index contributed by atoms with van der Waals surface area (Å²) in [6, 6.07) is 17.6. The summed E-state index contributed by atoms with van der Waals surface area (Å²) in [5.41, 5.74) is 7.29. The molecule has 30 heavy (non-hydrogen) atoms. The summed E-state index contributed by atoms with van der Waals surface area (Å²) < 4.78 is 11.1. The van der Waals surface area contributed by atoms with Crippen molar-refractivity contribution in [3.8, 4) is 5.75 Å². The first-order valence-corrected chi connectivity index (χ1v) is 9.63. The zero-order valence-electron chi connectivity index (χ0n) is 17.5. The van der Waals surface area contributed by atoms with E-state index >= 15 is 0 Å². The van der Waals surface area contributed by atoms with Crippen molar-refractivity contribution in [2.24, 2.45) is 16.6 Å². The van der Waals surface area contributed by atoms with Crippen LogP contribution in [0.1, 0.15) is 18.1 Å². The Morgan fingerprint density at radius 1 is 1.10 bits per heavy atom. The Morgan fingerprint density at radius 2 is 1.83 bits per heavy atom. The van der Waals surface area contributed by atoms with E-state index in [1.165, 1.54) is 5.56 Å². The van der Waals surface area contributed by atoms with Crippen LogP contribution in [0.3, 0.4) is 0 Å². The minimum Gasteiger partial charge on any atom is -0.484 e. The Balaban J connectivity index is 0.00000450. The molecule has 1 unspecified atom stereocenters. The molecule has 2 rings (SSSR count). The third-order valence-electron chi connectivity index (χ3n) is 4.09. The van der Waals surface area contributed by atoms with Crippen LogP contribution in [-0.4, -0.2) is 38.7 Å². The van der Waals surface area contributed by atoms with Gasteiger partial charge in [-0.15, -0.1) is 24.0 Å². The standard InChI is InChI=1S/C22H30N4O3.HI/c1-17(14-28-15-18-7-4-3-5-8-18)12-25-22(24-2)26-13-19-9-6-10-20(11-19)29-16-21(23)27;/h3-11,17H,12-16H2,1-2H3,(H2,23,27)(H2,24,25,26);1H. The highest BCUT2D eigenvalue weighted by Crippen LogP contribution is 2.13. The third kappa shape index (κ3) is 10.4. The van der Waals surface area contributed by atoms with E-state index in [1.54, 1.807) is 13.1 Å². The fourth-order valence-corrected chi connectivity index (χ4v) is 2.59. The van der Waals surface area contributed by atoms with Crippen molar-refractivity contribution in [2.75, 3.05) is 26.8 Å². The maximum Gasteiger partial charge on any atom is 0.255 e. The molecule has 0 saturated heterocycles. The monoisotopic (exact) mass is 526 g/mol. The number of carbonyl (C=O) groups excluding carboxylic acids is 1. The Bertz CT molecular complexity index is 787. The lowest BCUT2D eigenvalue weighted by Gasteiger charge is -2.16. The quantitative estimate of drug-likeness (QED) is 0.238. The molecular weight excluding hydrogens is 495 g/mol. The van der Waals surface area contributed by atoms with E-state index in [-0.39, 0.29) is 30.6 Å². The van der Waals surface area contributed by atoms with E-state index in [1.807, 2.05) is 36.4 Å². The van der Waals surface area contributed by atoms with Crippen LogP contribution in [0.25, 0.3) is 0 Å². The van der Waals surface area contributed by atoms with Crippen molar-refractivity contribution >= 4 is 35.8 Å². The average molecular weight is 526 g/mol. The number of guanidine groups is 1. The van der Waals surface area contributed by atoms with Gasteiger partial charge >= 0.3 is 0 Å². The van der Waals surface area contributed by atoms with Crippen molar-refractivity contribution in [2.45, 2.75) is 20.1 Å². The molecule has 0 aromatic heterocycles. The number of rotatable bonds is 11. The Hall–Kier alpha value is -2.33. The van der Waals surface area contributed by atoms with Crippen LogP contribution in [0.5, 0.6) is 5.75 Å². The zero-order chi connectivity index (χ0) is 20.9. The fourth-order valence-electron chi connectivity index (χ4n) is 2.59. The summed E-state index contributed by atoms with van der Waals surface area (Å²) in [4.78, 5) is 15.1. The van der Waals surface area contributed by atoms with Gasteiger partial charge in [0.1, 0.15) is 5.75 Å². The van der Waals surface area contributed by atoms with Gasteiger partial charge < -0.3 is 25.8 Å². The highest BCUT2D eigenvalue weighted by Gasteiger charge is 2.06. The highest BCUT2D eigenvalue weighted by molar-refractivity contribution is 14.0. The predicted octanol–water partition coefficient (Wildman–Crippen LogP) is 2.69. The first-order chi connectivity index (χ1) is 14.1. The summed E-state index contributed by atoms with van der Waals surface area (Å²) in [6.07, 6.45) is 0. The van der Waals surface area contributed by atoms with Gasteiger partial charge in [0.2, 0.25) is 0 Å². The van der Waals surface area contributed by atoms with Crippen molar-refractivity contribution in [1.82, 2.24) is 10.6 Å². The van der Waals surface area contributed by atoms with Gasteiger partial charge in [0, 0.05) is 20.1 Å². The number of primary amides is 1. The molecule has 4 N–H and O–H groups in total. The van der Waals surface area contributed by atoms with E-state index in [4.69, 9.17) is 15.2 Å². The minimum atomic E-state index is -0.500. The summed E-state index contributed by atoms with van der Waals surface area (Å²) in [5.74, 6) is 1.15. The first kappa shape index (κ1) is 25.7. The lowest BCUT2D eigenvalue weighted by atomic mass is 10.2. The molecular formula is C22H31IN4O3. The number of halogens is 1. The average Bonchev–Trinajstić information content (AvgIpc) is 2.73. The van der Waals surface area contributed by atoms with Gasteiger partial charge in [-0.2, -0.15) is 0 Å². The summed E-state index contributed by atoms with van der Waals surface area (Å²) in [5, 5.41) is 6.58. The van der Waals surface area contributed by atoms with Crippen LogP contribution in [-0.2, 0) is 22.7 Å². The molecule has 0 spiro atoms. The molecule has 164 valence electrons. The lowest BCUT2D eigenvalue weighted by molar-refractivity contribution is -0.119. The zero-order valence-corrected chi connectivity index (χ0v) is 19.8. The van der Waals surface area contributed by atoms with E-state index in [0.29, 0.717) is 37.4 Å². The Kier molecular flexibility index (Phi) is 12.5. The van der Waals surface area contributed by atoms with Crippen LogP contribution < -0.4 is 21.1 Å². The second-order valence-electron chi connectivity index (χ2n) is 6.81. The van der Waals surface area contributed by atoms with Crippen LogP contribution in [0, 0.1) is 5.92 Å². The number of nitrogens with two attached hydrogens (primary N) is 1. The molecule has 0 fully saturated rings. The van der Waals surface area contributed by atoms with Crippen molar-refractivity contribution in [3.63, 3.8) is 0 Å². The molecule has 1 atom stereocenters. The minimum absolute atomic E-state index is 0. The number of aliphatic imine (C=N–C) groups is 1. The van der Waals surface area contributed by atoms with Crippen LogP contribution in [0.2, 0.25) is 0 Å². The number of carbonyl (C=O) groups is 1. The number of nitrogens with zero attached hydrogens (tertiary/aromatic N) is 1. The molecule has 0 heterocycles. The van der Waals surface area contributed by atoms with E-state index in [0.717, 1.165) is 12.1 Å². The maximum absolute atomic E-state index is 10.8. The molecule has 1 amide bonds.